The van der Waals surface area contributed by atoms with Crippen LogP contribution in [0, 0.1) is 0 Å². The molecule has 1 saturated carbocycles. The van der Waals surface area contributed by atoms with Crippen LogP contribution in [0.2, 0.25) is 0 Å². The van der Waals surface area contributed by atoms with Crippen molar-refractivity contribution >= 4 is 28.2 Å². The number of nitrogens with zero attached hydrogens (tertiary/aromatic N) is 3. The molecule has 4 N–H and O–H groups in total. The lowest BCUT2D eigenvalue weighted by atomic mass is 10.0. The summed E-state index contributed by atoms with van der Waals surface area (Å²) in [6.07, 6.45) is 2.21. The van der Waals surface area contributed by atoms with E-state index in [4.69, 9.17) is 5.73 Å². The number of benzene rings is 1. The molecular weight excluding hydrogens is 425 g/mol. The fraction of sp³-hybridized carbons (Fsp3) is 0.286. The third-order valence-electron chi connectivity index (χ3n) is 5.59. The number of anilines is 1. The van der Waals surface area contributed by atoms with Crippen LogP contribution >= 0.6 is 11.3 Å². The Bertz CT molecular complexity index is 1220. The molecule has 0 bridgehead atoms. The van der Waals surface area contributed by atoms with Crippen molar-refractivity contribution in [3.05, 3.63) is 47.7 Å². The molecule has 3 aromatic heterocycles. The maximum absolute atomic E-state index is 13.8. The van der Waals surface area contributed by atoms with Crippen LogP contribution in [0.4, 0.5) is 19.1 Å². The van der Waals surface area contributed by atoms with E-state index in [0.29, 0.717) is 16.5 Å². The summed E-state index contributed by atoms with van der Waals surface area (Å²) in [4.78, 5) is 15.6. The van der Waals surface area contributed by atoms with Crippen LogP contribution in [-0.4, -0.2) is 32.0 Å². The summed E-state index contributed by atoms with van der Waals surface area (Å²) < 4.78 is 41.3. The highest BCUT2D eigenvalue weighted by Gasteiger charge is 2.36. The molecule has 1 aromatic carbocycles. The van der Waals surface area contributed by atoms with E-state index in [1.165, 1.54) is 11.3 Å². The van der Waals surface area contributed by atoms with E-state index in [0.717, 1.165) is 36.0 Å². The Kier molecular flexibility index (Phi) is 4.90. The SMILES string of the molecule is N[C@H]1CCC[C@@H]1Nc1ncc(C(F)(F)F)c(-c2c[nH]c3cc(-c4nccs4)ccc23)n1. The van der Waals surface area contributed by atoms with Gasteiger partial charge in [0, 0.05) is 58.1 Å². The molecule has 1 aliphatic carbocycles. The third-order valence-corrected chi connectivity index (χ3v) is 6.42. The van der Waals surface area contributed by atoms with Crippen molar-refractivity contribution < 1.29 is 13.2 Å². The van der Waals surface area contributed by atoms with Crippen LogP contribution in [0.15, 0.2) is 42.2 Å². The maximum atomic E-state index is 13.8. The topological polar surface area (TPSA) is 92.5 Å². The lowest BCUT2D eigenvalue weighted by Gasteiger charge is -2.18. The molecule has 0 saturated heterocycles. The minimum absolute atomic E-state index is 0.0478. The second-order valence-electron chi connectivity index (χ2n) is 7.60. The molecule has 0 unspecified atom stereocenters. The van der Waals surface area contributed by atoms with Crippen molar-refractivity contribution in [1.29, 1.82) is 0 Å². The number of thiazole rings is 1. The maximum Gasteiger partial charge on any atom is 0.419 e. The predicted octanol–water partition coefficient (Wildman–Crippen LogP) is 5.06. The fourth-order valence-corrected chi connectivity index (χ4v) is 4.65. The molecule has 0 aliphatic heterocycles. The summed E-state index contributed by atoms with van der Waals surface area (Å²) in [5.41, 5.74) is 7.02. The monoisotopic (exact) mass is 444 g/mol. The van der Waals surface area contributed by atoms with Gasteiger partial charge in [-0.05, 0) is 25.3 Å². The van der Waals surface area contributed by atoms with E-state index in [-0.39, 0.29) is 23.7 Å². The number of aromatic amines is 1. The van der Waals surface area contributed by atoms with Gasteiger partial charge in [0.15, 0.2) is 0 Å². The first-order valence-corrected chi connectivity index (χ1v) is 10.8. The number of alkyl halides is 3. The summed E-state index contributed by atoms with van der Waals surface area (Å²) in [7, 11) is 0. The van der Waals surface area contributed by atoms with Crippen molar-refractivity contribution in [1.82, 2.24) is 19.9 Å². The Hall–Kier alpha value is -2.98. The van der Waals surface area contributed by atoms with Crippen LogP contribution in [0.5, 0.6) is 0 Å². The summed E-state index contributed by atoms with van der Waals surface area (Å²) in [6, 6.07) is 5.41. The molecule has 5 rings (SSSR count). The van der Waals surface area contributed by atoms with E-state index in [2.05, 4.69) is 25.3 Å². The number of nitrogens with two attached hydrogens (primary N) is 1. The molecule has 3 heterocycles. The average molecular weight is 444 g/mol. The van der Waals surface area contributed by atoms with Crippen molar-refractivity contribution in [3.63, 3.8) is 0 Å². The Morgan fingerprint density at radius 3 is 2.77 bits per heavy atom. The summed E-state index contributed by atoms with van der Waals surface area (Å²) in [6.45, 7) is 0. The average Bonchev–Trinajstić information content (AvgIpc) is 3.48. The number of rotatable bonds is 4. The normalized spacial score (nSPS) is 19.2. The van der Waals surface area contributed by atoms with Crippen LogP contribution in [0.1, 0.15) is 24.8 Å². The molecule has 1 aliphatic rings. The lowest BCUT2D eigenvalue weighted by molar-refractivity contribution is -0.137. The molecule has 0 radical (unpaired) electrons. The van der Waals surface area contributed by atoms with Gasteiger partial charge in [0.1, 0.15) is 10.6 Å². The van der Waals surface area contributed by atoms with Gasteiger partial charge < -0.3 is 16.0 Å². The van der Waals surface area contributed by atoms with Crippen molar-refractivity contribution in [2.75, 3.05) is 5.32 Å². The number of nitrogens with one attached hydrogen (secondary N) is 2. The van der Waals surface area contributed by atoms with Crippen molar-refractivity contribution in [2.45, 2.75) is 37.5 Å². The first kappa shape index (κ1) is 20.0. The Labute approximate surface area is 179 Å². The number of hydrogen-bond donors (Lipinski definition) is 3. The second-order valence-corrected chi connectivity index (χ2v) is 8.49. The molecular formula is C21H19F3N6S. The van der Waals surface area contributed by atoms with E-state index < -0.39 is 11.7 Å². The number of hydrogen-bond acceptors (Lipinski definition) is 6. The summed E-state index contributed by atoms with van der Waals surface area (Å²) in [5.74, 6) is 0.152. The van der Waals surface area contributed by atoms with Gasteiger partial charge in [0.2, 0.25) is 5.95 Å². The third kappa shape index (κ3) is 3.77. The highest BCUT2D eigenvalue weighted by Crippen LogP contribution is 2.39. The first-order valence-electron chi connectivity index (χ1n) is 9.88. The van der Waals surface area contributed by atoms with E-state index in [1.54, 1.807) is 18.5 Å². The van der Waals surface area contributed by atoms with Crippen molar-refractivity contribution in [3.8, 4) is 21.8 Å². The van der Waals surface area contributed by atoms with Gasteiger partial charge in [-0.3, -0.25) is 0 Å². The molecule has 0 spiro atoms. The quantitative estimate of drug-likeness (QED) is 0.409. The minimum atomic E-state index is -4.58. The highest BCUT2D eigenvalue weighted by molar-refractivity contribution is 7.13. The number of fused-ring (bicyclic) bond motifs is 1. The van der Waals surface area contributed by atoms with E-state index in [9.17, 15) is 13.2 Å². The van der Waals surface area contributed by atoms with E-state index >= 15 is 0 Å². The fourth-order valence-electron chi connectivity index (χ4n) is 4.02. The zero-order valence-electron chi connectivity index (χ0n) is 16.3. The Morgan fingerprint density at radius 1 is 1.19 bits per heavy atom. The highest BCUT2D eigenvalue weighted by atomic mass is 32.1. The lowest BCUT2D eigenvalue weighted by Crippen LogP contribution is -2.35. The summed E-state index contributed by atoms with van der Waals surface area (Å²) >= 11 is 1.50. The first-order chi connectivity index (χ1) is 14.9. The Balaban J connectivity index is 1.59. The van der Waals surface area contributed by atoms with Gasteiger partial charge in [-0.1, -0.05) is 12.1 Å². The molecule has 0 amide bonds. The Morgan fingerprint density at radius 2 is 2.06 bits per heavy atom. The van der Waals surface area contributed by atoms with E-state index in [1.807, 2.05) is 17.5 Å². The zero-order chi connectivity index (χ0) is 21.6. The predicted molar refractivity (Wildman–Crippen MR) is 115 cm³/mol. The van der Waals surface area contributed by atoms with Crippen LogP contribution < -0.4 is 11.1 Å². The minimum Gasteiger partial charge on any atom is -0.360 e. The molecule has 160 valence electrons. The zero-order valence-corrected chi connectivity index (χ0v) is 17.1. The molecule has 31 heavy (non-hydrogen) atoms. The van der Waals surface area contributed by atoms with Gasteiger partial charge in [-0.25, -0.2) is 15.0 Å². The second kappa shape index (κ2) is 7.61. The number of H-pyrrole nitrogens is 1. The van der Waals surface area contributed by atoms with Crippen LogP contribution in [0.25, 0.3) is 32.7 Å². The van der Waals surface area contributed by atoms with Gasteiger partial charge >= 0.3 is 6.18 Å². The molecule has 4 aromatic rings. The molecule has 2 atom stereocenters. The van der Waals surface area contributed by atoms with Gasteiger partial charge in [-0.15, -0.1) is 11.3 Å². The molecule has 1 fully saturated rings. The van der Waals surface area contributed by atoms with Gasteiger partial charge in [0.05, 0.1) is 5.69 Å². The number of aromatic nitrogens is 4. The largest absolute Gasteiger partial charge is 0.419 e. The van der Waals surface area contributed by atoms with Crippen LogP contribution in [0.3, 0.4) is 0 Å². The van der Waals surface area contributed by atoms with Gasteiger partial charge in [0.25, 0.3) is 0 Å². The summed E-state index contributed by atoms with van der Waals surface area (Å²) in [5, 5.41) is 6.48. The molecule has 6 nitrogen and oxygen atoms in total. The number of halogens is 3. The van der Waals surface area contributed by atoms with Crippen molar-refractivity contribution in [2.24, 2.45) is 5.73 Å². The molecule has 10 heteroatoms. The van der Waals surface area contributed by atoms with Crippen LogP contribution in [-0.2, 0) is 6.18 Å². The standard InChI is InChI=1S/C21H19F3N6S/c22-21(23,24)14-10-28-20(29-16-3-1-2-15(16)25)30-18(14)13-9-27-17-8-11(4-5-12(13)17)19-26-6-7-31-19/h4-10,15-16,27H,1-3,25H2,(H,28,29,30)/t15-,16-/m0/s1. The van der Waals surface area contributed by atoms with Gasteiger partial charge in [-0.2, -0.15) is 13.2 Å². The smallest absolute Gasteiger partial charge is 0.360 e.